The molecular weight excluding hydrogens is 274 g/mol. The normalized spacial score (nSPS) is 22.5. The largest absolute Gasteiger partial charge is 0.343 e. The molecule has 0 unspecified atom stereocenters. The number of hydrogen-bond donors (Lipinski definition) is 1. The summed E-state index contributed by atoms with van der Waals surface area (Å²) in [5, 5.41) is 0. The van der Waals surface area contributed by atoms with Crippen molar-refractivity contribution in [1.29, 1.82) is 0 Å². The van der Waals surface area contributed by atoms with Crippen LogP contribution in [-0.4, -0.2) is 47.9 Å². The van der Waals surface area contributed by atoms with Gasteiger partial charge in [-0.05, 0) is 38.3 Å². The molecular formula is C18H29N3O. The van der Waals surface area contributed by atoms with Crippen LogP contribution in [0.5, 0.6) is 0 Å². The van der Waals surface area contributed by atoms with E-state index in [4.69, 9.17) is 5.73 Å². The lowest BCUT2D eigenvalue weighted by Gasteiger charge is -2.41. The summed E-state index contributed by atoms with van der Waals surface area (Å²) >= 11 is 0. The Kier molecular flexibility index (Phi) is 6.40. The second-order valence-electron chi connectivity index (χ2n) is 6.38. The molecule has 1 fully saturated rings. The zero-order valence-corrected chi connectivity index (χ0v) is 13.9. The minimum atomic E-state index is 0.235. The van der Waals surface area contributed by atoms with Crippen LogP contribution in [0.25, 0.3) is 0 Å². The Morgan fingerprint density at radius 3 is 2.73 bits per heavy atom. The van der Waals surface area contributed by atoms with E-state index in [9.17, 15) is 4.79 Å². The van der Waals surface area contributed by atoms with Crippen molar-refractivity contribution in [2.24, 2.45) is 5.73 Å². The third-order valence-electron chi connectivity index (χ3n) is 4.75. The Morgan fingerprint density at radius 1 is 1.36 bits per heavy atom. The van der Waals surface area contributed by atoms with E-state index in [1.165, 1.54) is 5.56 Å². The van der Waals surface area contributed by atoms with Crippen LogP contribution in [-0.2, 0) is 11.3 Å². The fourth-order valence-electron chi connectivity index (χ4n) is 3.23. The highest BCUT2D eigenvalue weighted by molar-refractivity contribution is 5.76. The van der Waals surface area contributed by atoms with Gasteiger partial charge in [-0.3, -0.25) is 9.69 Å². The quantitative estimate of drug-likeness (QED) is 0.877. The molecule has 122 valence electrons. The molecule has 4 nitrogen and oxygen atoms in total. The minimum absolute atomic E-state index is 0.235. The molecule has 0 aromatic heterocycles. The van der Waals surface area contributed by atoms with Crippen molar-refractivity contribution in [1.82, 2.24) is 9.80 Å². The van der Waals surface area contributed by atoms with E-state index in [0.717, 1.165) is 32.4 Å². The lowest BCUT2D eigenvalue weighted by atomic mass is 9.96. The molecule has 1 aromatic rings. The highest BCUT2D eigenvalue weighted by Gasteiger charge is 2.29. The van der Waals surface area contributed by atoms with Crippen LogP contribution in [0.4, 0.5) is 0 Å². The van der Waals surface area contributed by atoms with Gasteiger partial charge in [0.15, 0.2) is 0 Å². The van der Waals surface area contributed by atoms with E-state index >= 15 is 0 Å². The average Bonchev–Trinajstić information content (AvgIpc) is 2.54. The number of amides is 1. The number of likely N-dealkylation sites (tertiary alicyclic amines) is 1. The summed E-state index contributed by atoms with van der Waals surface area (Å²) in [4.78, 5) is 16.6. The van der Waals surface area contributed by atoms with Gasteiger partial charge in [-0.1, -0.05) is 30.3 Å². The van der Waals surface area contributed by atoms with Crippen LogP contribution in [0.1, 0.15) is 38.2 Å². The molecule has 1 heterocycles. The van der Waals surface area contributed by atoms with Gasteiger partial charge in [0.25, 0.3) is 0 Å². The zero-order valence-electron chi connectivity index (χ0n) is 13.9. The number of carbonyl (C=O) groups is 1. The van der Waals surface area contributed by atoms with E-state index in [-0.39, 0.29) is 5.91 Å². The summed E-state index contributed by atoms with van der Waals surface area (Å²) < 4.78 is 0. The summed E-state index contributed by atoms with van der Waals surface area (Å²) in [6.07, 6.45) is 3.47. The van der Waals surface area contributed by atoms with Crippen molar-refractivity contribution in [3.63, 3.8) is 0 Å². The van der Waals surface area contributed by atoms with E-state index in [0.29, 0.717) is 25.0 Å². The van der Waals surface area contributed by atoms with Crippen LogP contribution in [0.2, 0.25) is 0 Å². The van der Waals surface area contributed by atoms with Crippen LogP contribution in [0.15, 0.2) is 30.3 Å². The molecule has 0 bridgehead atoms. The number of piperidine rings is 1. The first-order valence-electron chi connectivity index (χ1n) is 8.35. The Bertz CT molecular complexity index is 463. The van der Waals surface area contributed by atoms with Gasteiger partial charge in [0.05, 0.1) is 0 Å². The van der Waals surface area contributed by atoms with E-state index in [2.05, 4.69) is 42.2 Å². The molecule has 2 N–H and O–H groups in total. The van der Waals surface area contributed by atoms with Gasteiger partial charge in [-0.15, -0.1) is 0 Å². The zero-order chi connectivity index (χ0) is 15.9. The Morgan fingerprint density at radius 2 is 2.09 bits per heavy atom. The first-order chi connectivity index (χ1) is 10.6. The van der Waals surface area contributed by atoms with Crippen LogP contribution in [0, 0.1) is 0 Å². The fraction of sp³-hybridized carbons (Fsp3) is 0.611. The second kappa shape index (κ2) is 8.30. The summed E-state index contributed by atoms with van der Waals surface area (Å²) in [6.45, 7) is 4.91. The summed E-state index contributed by atoms with van der Waals surface area (Å²) in [7, 11) is 1.95. The molecule has 1 aliphatic rings. The molecule has 0 radical (unpaired) electrons. The molecule has 4 heteroatoms. The first kappa shape index (κ1) is 17.0. The maximum Gasteiger partial charge on any atom is 0.222 e. The highest BCUT2D eigenvalue weighted by atomic mass is 16.2. The van der Waals surface area contributed by atoms with Gasteiger partial charge in [0, 0.05) is 38.6 Å². The van der Waals surface area contributed by atoms with Crippen molar-refractivity contribution in [2.75, 3.05) is 20.1 Å². The molecule has 1 amide bonds. The summed E-state index contributed by atoms with van der Waals surface area (Å²) in [6, 6.07) is 11.5. The second-order valence-corrected chi connectivity index (χ2v) is 6.38. The topological polar surface area (TPSA) is 49.6 Å². The number of benzene rings is 1. The van der Waals surface area contributed by atoms with Gasteiger partial charge < -0.3 is 10.6 Å². The first-order valence-corrected chi connectivity index (χ1v) is 8.35. The number of nitrogens with zero attached hydrogens (tertiary/aromatic N) is 2. The van der Waals surface area contributed by atoms with Gasteiger partial charge >= 0.3 is 0 Å². The number of rotatable bonds is 6. The summed E-state index contributed by atoms with van der Waals surface area (Å²) in [5.74, 6) is 0.235. The maximum absolute atomic E-state index is 12.1. The predicted octanol–water partition coefficient (Wildman–Crippen LogP) is 2.24. The van der Waals surface area contributed by atoms with Crippen LogP contribution < -0.4 is 5.73 Å². The Labute approximate surface area is 134 Å². The molecule has 2 atom stereocenters. The molecule has 1 aliphatic heterocycles. The number of carbonyl (C=O) groups excluding carboxylic acids is 1. The standard InChI is InChI=1S/C18H29N3O/c1-15-13-17(20(2)18(22)9-6-11-19)10-12-21(15)14-16-7-4-3-5-8-16/h3-5,7-8,15,17H,6,9-14,19H2,1-2H3/t15-,17-/m0/s1. The SMILES string of the molecule is C[C@H]1C[C@@H](N(C)C(=O)CCCN)CCN1Cc1ccccc1. The van der Waals surface area contributed by atoms with Crippen molar-refractivity contribution < 1.29 is 4.79 Å². The minimum Gasteiger partial charge on any atom is -0.343 e. The van der Waals surface area contributed by atoms with Crippen LogP contribution in [0.3, 0.4) is 0 Å². The fourth-order valence-corrected chi connectivity index (χ4v) is 3.23. The van der Waals surface area contributed by atoms with Crippen molar-refractivity contribution in [3.8, 4) is 0 Å². The van der Waals surface area contributed by atoms with E-state index in [1.54, 1.807) is 0 Å². The van der Waals surface area contributed by atoms with Crippen LogP contribution >= 0.6 is 0 Å². The Hall–Kier alpha value is -1.39. The lowest BCUT2D eigenvalue weighted by molar-refractivity contribution is -0.133. The van der Waals surface area contributed by atoms with Gasteiger partial charge in [-0.2, -0.15) is 0 Å². The molecule has 22 heavy (non-hydrogen) atoms. The Balaban J connectivity index is 1.85. The highest BCUT2D eigenvalue weighted by Crippen LogP contribution is 2.23. The number of nitrogens with two attached hydrogens (primary N) is 1. The molecule has 1 aromatic carbocycles. The van der Waals surface area contributed by atoms with Gasteiger partial charge in [0.1, 0.15) is 0 Å². The monoisotopic (exact) mass is 303 g/mol. The maximum atomic E-state index is 12.1. The summed E-state index contributed by atoms with van der Waals surface area (Å²) in [5.41, 5.74) is 6.85. The third-order valence-corrected chi connectivity index (χ3v) is 4.75. The molecule has 0 aliphatic carbocycles. The molecule has 1 saturated heterocycles. The predicted molar refractivity (Wildman–Crippen MR) is 90.4 cm³/mol. The number of hydrogen-bond acceptors (Lipinski definition) is 3. The van der Waals surface area contributed by atoms with Gasteiger partial charge in [0.2, 0.25) is 5.91 Å². The molecule has 0 spiro atoms. The average molecular weight is 303 g/mol. The molecule has 2 rings (SSSR count). The van der Waals surface area contributed by atoms with Crippen molar-refractivity contribution in [3.05, 3.63) is 35.9 Å². The third kappa shape index (κ3) is 4.55. The van der Waals surface area contributed by atoms with Crippen molar-refractivity contribution >= 4 is 5.91 Å². The molecule has 0 saturated carbocycles. The smallest absolute Gasteiger partial charge is 0.222 e. The van der Waals surface area contributed by atoms with Gasteiger partial charge in [-0.25, -0.2) is 0 Å². The van der Waals surface area contributed by atoms with Crippen molar-refractivity contribution in [2.45, 2.75) is 51.2 Å². The lowest BCUT2D eigenvalue weighted by Crippen LogP contribution is -2.49. The van der Waals surface area contributed by atoms with E-state index < -0.39 is 0 Å². The van der Waals surface area contributed by atoms with E-state index in [1.807, 2.05) is 11.9 Å².